The van der Waals surface area contributed by atoms with Crippen molar-refractivity contribution in [1.29, 1.82) is 0 Å². The summed E-state index contributed by atoms with van der Waals surface area (Å²) in [5.41, 5.74) is 4.57. The molecule has 1 saturated heterocycles. The van der Waals surface area contributed by atoms with Gasteiger partial charge in [-0.1, -0.05) is 18.2 Å². The van der Waals surface area contributed by atoms with Crippen LogP contribution in [-0.2, 0) is 14.9 Å². The number of nitrogens with zero attached hydrogens (tertiary/aromatic N) is 1. The van der Waals surface area contributed by atoms with Crippen molar-refractivity contribution in [2.45, 2.75) is 56.4 Å². The Balaban J connectivity index is 1.22. The van der Waals surface area contributed by atoms with Crippen molar-refractivity contribution >= 4 is 12.0 Å². The highest BCUT2D eigenvalue weighted by atomic mass is 16.5. The van der Waals surface area contributed by atoms with E-state index in [2.05, 4.69) is 40.1 Å². The molecule has 0 radical (unpaired) electrons. The molecular weight excluding hydrogens is 340 g/mol. The summed E-state index contributed by atoms with van der Waals surface area (Å²) in [5, 5.41) is 2.79. The van der Waals surface area contributed by atoms with Crippen LogP contribution in [0, 0.1) is 18.8 Å². The Bertz CT molecular complexity index is 797. The molecule has 1 aromatic rings. The second-order valence-corrected chi connectivity index (χ2v) is 9.13. The number of carbonyl (C=O) groups excluding carboxylic acids is 2. The Hall–Kier alpha value is -2.04. The summed E-state index contributed by atoms with van der Waals surface area (Å²) in [6.45, 7) is 4.00. The highest BCUT2D eigenvalue weighted by molar-refractivity contribution is 5.81. The number of alkyl carbamates (subject to hydrolysis) is 1. The van der Waals surface area contributed by atoms with E-state index in [0.717, 1.165) is 31.8 Å². The third-order valence-electron chi connectivity index (χ3n) is 7.29. The first-order valence-electron chi connectivity index (χ1n) is 10.2. The van der Waals surface area contributed by atoms with Crippen LogP contribution in [0.5, 0.6) is 0 Å². The molecule has 4 fully saturated rings. The lowest BCUT2D eigenvalue weighted by Gasteiger charge is -2.37. The topological polar surface area (TPSA) is 58.6 Å². The van der Waals surface area contributed by atoms with Crippen LogP contribution in [0.3, 0.4) is 0 Å². The molecule has 27 heavy (non-hydrogen) atoms. The summed E-state index contributed by atoms with van der Waals surface area (Å²) in [6.07, 6.45) is 4.95. The Morgan fingerprint density at radius 3 is 2.70 bits per heavy atom. The minimum Gasteiger partial charge on any atom is -0.453 e. The van der Waals surface area contributed by atoms with Gasteiger partial charge in [0.1, 0.15) is 0 Å². The van der Waals surface area contributed by atoms with E-state index in [1.54, 1.807) is 0 Å². The number of nitrogens with one attached hydrogen (secondary N) is 1. The molecule has 5 heteroatoms. The van der Waals surface area contributed by atoms with Gasteiger partial charge in [0.15, 0.2) is 0 Å². The first-order valence-corrected chi connectivity index (χ1v) is 10.2. The second-order valence-electron chi connectivity index (χ2n) is 9.13. The molecular formula is C22H28N2O3. The fraction of sp³-hybridized carbons (Fsp3) is 0.636. The SMILES string of the molecule is COC(=O)NC1CC(C(=O)N2CC3CC3(c3ccc(C4CC4)cc3C)C2)C1. The van der Waals surface area contributed by atoms with Crippen LogP contribution in [0.25, 0.3) is 0 Å². The number of benzene rings is 1. The molecule has 2 atom stereocenters. The summed E-state index contributed by atoms with van der Waals surface area (Å²) in [5.74, 6) is 1.74. The monoisotopic (exact) mass is 368 g/mol. The fourth-order valence-electron chi connectivity index (χ4n) is 5.41. The van der Waals surface area contributed by atoms with Crippen molar-refractivity contribution in [2.24, 2.45) is 11.8 Å². The van der Waals surface area contributed by atoms with Gasteiger partial charge >= 0.3 is 6.09 Å². The third-order valence-corrected chi connectivity index (χ3v) is 7.29. The number of ether oxygens (including phenoxy) is 1. The maximum Gasteiger partial charge on any atom is 0.407 e. The normalized spacial score (nSPS) is 33.9. The smallest absolute Gasteiger partial charge is 0.407 e. The minimum absolute atomic E-state index is 0.0556. The number of piperidine rings is 1. The van der Waals surface area contributed by atoms with Crippen LogP contribution in [0.1, 0.15) is 54.7 Å². The molecule has 1 N–H and O–H groups in total. The van der Waals surface area contributed by atoms with E-state index in [4.69, 9.17) is 0 Å². The van der Waals surface area contributed by atoms with Gasteiger partial charge in [-0.05, 0) is 67.6 Å². The summed E-state index contributed by atoms with van der Waals surface area (Å²) < 4.78 is 4.63. The molecule has 4 aliphatic rings. The predicted octanol–water partition coefficient (Wildman–Crippen LogP) is 3.11. The Morgan fingerprint density at radius 1 is 1.26 bits per heavy atom. The van der Waals surface area contributed by atoms with Crippen molar-refractivity contribution in [2.75, 3.05) is 20.2 Å². The van der Waals surface area contributed by atoms with E-state index >= 15 is 0 Å². The maximum absolute atomic E-state index is 12.9. The van der Waals surface area contributed by atoms with Gasteiger partial charge in [-0.15, -0.1) is 0 Å². The van der Waals surface area contributed by atoms with E-state index in [-0.39, 0.29) is 23.3 Å². The van der Waals surface area contributed by atoms with E-state index in [9.17, 15) is 9.59 Å². The molecule has 5 nitrogen and oxygen atoms in total. The van der Waals surface area contributed by atoms with Gasteiger partial charge in [0.2, 0.25) is 5.91 Å². The Morgan fingerprint density at radius 2 is 2.04 bits per heavy atom. The zero-order valence-electron chi connectivity index (χ0n) is 16.2. The average molecular weight is 368 g/mol. The highest BCUT2D eigenvalue weighted by Crippen LogP contribution is 2.60. The number of carbonyl (C=O) groups is 2. The van der Waals surface area contributed by atoms with Crippen molar-refractivity contribution < 1.29 is 14.3 Å². The van der Waals surface area contributed by atoms with Crippen LogP contribution in [0.4, 0.5) is 4.79 Å². The van der Waals surface area contributed by atoms with E-state index in [1.165, 1.54) is 43.1 Å². The first-order chi connectivity index (χ1) is 13.0. The molecule has 2 unspecified atom stereocenters. The zero-order valence-corrected chi connectivity index (χ0v) is 16.2. The lowest BCUT2D eigenvalue weighted by atomic mass is 9.79. The Labute approximate surface area is 160 Å². The van der Waals surface area contributed by atoms with Gasteiger partial charge < -0.3 is 15.0 Å². The summed E-state index contributed by atoms with van der Waals surface area (Å²) in [6, 6.07) is 7.13. The van der Waals surface area contributed by atoms with Gasteiger partial charge in [0.25, 0.3) is 0 Å². The molecule has 1 aromatic carbocycles. The molecule has 1 heterocycles. The number of amides is 2. The summed E-state index contributed by atoms with van der Waals surface area (Å²) >= 11 is 0. The summed E-state index contributed by atoms with van der Waals surface area (Å²) in [7, 11) is 1.37. The molecule has 0 spiro atoms. The molecule has 1 aliphatic heterocycles. The van der Waals surface area contributed by atoms with Gasteiger partial charge in [0.05, 0.1) is 7.11 Å². The molecule has 2 amide bonds. The number of methoxy groups -OCH3 is 1. The van der Waals surface area contributed by atoms with Crippen molar-refractivity contribution in [3.05, 3.63) is 34.9 Å². The largest absolute Gasteiger partial charge is 0.453 e. The molecule has 0 bridgehead atoms. The number of fused-ring (bicyclic) bond motifs is 1. The average Bonchev–Trinajstić information content (AvgIpc) is 3.55. The van der Waals surface area contributed by atoms with Gasteiger partial charge in [-0.2, -0.15) is 0 Å². The third kappa shape index (κ3) is 2.82. The number of rotatable bonds is 4. The second kappa shape index (κ2) is 5.98. The molecule has 144 valence electrons. The molecule has 0 aromatic heterocycles. The number of likely N-dealkylation sites (tertiary alicyclic amines) is 1. The van der Waals surface area contributed by atoms with Crippen molar-refractivity contribution in [3.63, 3.8) is 0 Å². The molecule has 3 aliphatic carbocycles. The fourth-order valence-corrected chi connectivity index (χ4v) is 5.41. The number of aryl methyl sites for hydroxylation is 1. The van der Waals surface area contributed by atoms with Crippen molar-refractivity contribution in [1.82, 2.24) is 10.2 Å². The number of hydrogen-bond acceptors (Lipinski definition) is 3. The lowest BCUT2D eigenvalue weighted by Crippen LogP contribution is -2.50. The van der Waals surface area contributed by atoms with Crippen LogP contribution in [0.2, 0.25) is 0 Å². The quantitative estimate of drug-likeness (QED) is 0.888. The van der Waals surface area contributed by atoms with Gasteiger partial charge in [-0.25, -0.2) is 4.79 Å². The molecule has 5 rings (SSSR count). The van der Waals surface area contributed by atoms with E-state index in [1.807, 2.05) is 0 Å². The van der Waals surface area contributed by atoms with E-state index in [0.29, 0.717) is 5.92 Å². The first kappa shape index (κ1) is 17.1. The zero-order chi connectivity index (χ0) is 18.8. The standard InChI is InChI=1S/C22H28N2O3/c1-13-7-15(14-3-4-14)5-6-19(13)22-10-17(22)11-24(12-22)20(25)16-8-18(9-16)23-21(26)27-2/h5-7,14,16-18H,3-4,8-12H2,1-2H3,(H,23,26). The maximum atomic E-state index is 12.9. The van der Waals surface area contributed by atoms with Crippen molar-refractivity contribution in [3.8, 4) is 0 Å². The van der Waals surface area contributed by atoms with Crippen LogP contribution < -0.4 is 5.32 Å². The highest BCUT2D eigenvalue weighted by Gasteiger charge is 2.62. The number of hydrogen-bond donors (Lipinski definition) is 1. The van der Waals surface area contributed by atoms with Crippen LogP contribution in [-0.4, -0.2) is 43.1 Å². The Kier molecular flexibility index (Phi) is 3.78. The van der Waals surface area contributed by atoms with Gasteiger partial charge in [-0.3, -0.25) is 4.79 Å². The summed E-state index contributed by atoms with van der Waals surface area (Å²) in [4.78, 5) is 26.2. The predicted molar refractivity (Wildman–Crippen MR) is 102 cm³/mol. The minimum atomic E-state index is -0.405. The molecule has 3 saturated carbocycles. The van der Waals surface area contributed by atoms with Gasteiger partial charge in [0, 0.05) is 30.5 Å². The lowest BCUT2D eigenvalue weighted by molar-refractivity contribution is -0.138. The van der Waals surface area contributed by atoms with E-state index < -0.39 is 6.09 Å². The van der Waals surface area contributed by atoms with Crippen LogP contribution >= 0.6 is 0 Å². The van der Waals surface area contributed by atoms with Crippen LogP contribution in [0.15, 0.2) is 18.2 Å².